The Morgan fingerprint density at radius 2 is 1.00 bits per heavy atom. The summed E-state index contributed by atoms with van der Waals surface area (Å²) in [7, 11) is 0. The minimum atomic E-state index is -1.99. The van der Waals surface area contributed by atoms with Crippen LogP contribution in [0.4, 0.5) is 5.69 Å². The average Bonchev–Trinajstić information content (AvgIpc) is 3.12. The number of allylic oxidation sites excluding steroid dienone is 4. The highest BCUT2D eigenvalue weighted by Gasteiger charge is 2.91. The van der Waals surface area contributed by atoms with Gasteiger partial charge in [-0.15, -0.1) is 46.4 Å². The molecule has 6 rings (SSSR count). The van der Waals surface area contributed by atoms with E-state index in [4.69, 9.17) is 139 Å². The number of nitrogens with zero attached hydrogens (tertiary/aromatic N) is 1. The van der Waals surface area contributed by atoms with E-state index in [2.05, 4.69) is 0 Å². The van der Waals surface area contributed by atoms with E-state index in [0.717, 1.165) is 0 Å². The van der Waals surface area contributed by atoms with Crippen molar-refractivity contribution in [2.45, 2.75) is 40.0 Å². The Labute approximate surface area is 278 Å². The Morgan fingerprint density at radius 3 is 1.36 bits per heavy atom. The SMILES string of the molecule is O=[N+]([O-])c1cc2c(cc1I)[C@@H]1[C@H]([C@@H]3[C@@H]2[C@@]2(Cl)C(Cl)=C(Cl)[C@@]3(Cl)C2(Cl)Cl)[C@@]2(Cl)C(Cl)=C(Cl)[C@@]1(Cl)C2(Cl)Cl. The molecule has 0 heterocycles. The Morgan fingerprint density at radius 1 is 0.667 bits per heavy atom. The number of alkyl halides is 8. The number of nitro groups is 1. The van der Waals surface area contributed by atoms with Gasteiger partial charge in [-0.2, -0.15) is 0 Å². The summed E-state index contributed by atoms with van der Waals surface area (Å²) in [6.07, 6.45) is 0. The van der Waals surface area contributed by atoms with Crippen LogP contribution in [0.2, 0.25) is 0 Å². The number of hydrogen-bond acceptors (Lipinski definition) is 2. The maximum absolute atomic E-state index is 11.9. The Kier molecular flexibility index (Phi) is 6.18. The summed E-state index contributed by atoms with van der Waals surface area (Å²) in [5.41, 5.74) is 0.713. The van der Waals surface area contributed by atoms with Crippen molar-refractivity contribution < 1.29 is 4.92 Å². The van der Waals surface area contributed by atoms with Crippen molar-refractivity contribution in [2.75, 3.05) is 0 Å². The Balaban J connectivity index is 1.80. The van der Waals surface area contributed by atoms with Crippen LogP contribution in [0, 0.1) is 25.5 Å². The molecule has 0 amide bonds. The monoisotopic (exact) mass is 839 g/mol. The van der Waals surface area contributed by atoms with E-state index < -0.39 is 56.8 Å². The first-order valence-electron chi connectivity index (χ1n) is 9.93. The van der Waals surface area contributed by atoms with Crippen LogP contribution in [0.5, 0.6) is 0 Å². The van der Waals surface area contributed by atoms with Gasteiger partial charge in [0.2, 0.25) is 0 Å². The predicted molar refractivity (Wildman–Crippen MR) is 159 cm³/mol. The fourth-order valence-electron chi connectivity index (χ4n) is 7.05. The molecule has 0 N–H and O–H groups in total. The van der Waals surface area contributed by atoms with Crippen molar-refractivity contribution in [3.05, 3.63) is 57.1 Å². The van der Waals surface area contributed by atoms with E-state index in [1.165, 1.54) is 6.07 Å². The van der Waals surface area contributed by atoms with Gasteiger partial charge in [-0.05, 0) is 39.8 Å². The van der Waals surface area contributed by atoms with Crippen LogP contribution in [0.25, 0.3) is 0 Å². The topological polar surface area (TPSA) is 43.1 Å². The Hall–Kier alpha value is 2.31. The highest BCUT2D eigenvalue weighted by molar-refractivity contribution is 14.1. The molecule has 1 aromatic rings. The van der Waals surface area contributed by atoms with Crippen LogP contribution >= 0.6 is 162 Å². The fraction of sp³-hybridized carbons (Fsp3) is 0.500. The van der Waals surface area contributed by atoms with E-state index in [1.54, 1.807) is 6.07 Å². The maximum atomic E-state index is 11.9. The summed E-state index contributed by atoms with van der Waals surface area (Å²) < 4.78 is -3.63. The molecule has 0 radical (unpaired) electrons. The van der Waals surface area contributed by atoms with Crippen molar-refractivity contribution in [1.82, 2.24) is 0 Å². The third-order valence-corrected chi connectivity index (χ3v) is 17.8. The summed E-state index contributed by atoms with van der Waals surface area (Å²) in [5.74, 6) is -3.55. The molecule has 0 aliphatic heterocycles. The van der Waals surface area contributed by atoms with Gasteiger partial charge in [0, 0.05) is 29.7 Å². The first kappa shape index (κ1) is 28.4. The van der Waals surface area contributed by atoms with Gasteiger partial charge in [0.05, 0.1) is 28.6 Å². The molecule has 194 valence electrons. The number of halogens is 13. The van der Waals surface area contributed by atoms with Crippen LogP contribution in [-0.2, 0) is 0 Å². The zero-order valence-corrected chi connectivity index (χ0v) is 27.9. The molecule has 16 heteroatoms. The van der Waals surface area contributed by atoms with Gasteiger partial charge in [-0.25, -0.2) is 0 Å². The zero-order chi connectivity index (χ0) is 26.9. The second-order valence-corrected chi connectivity index (χ2v) is 17.2. The van der Waals surface area contributed by atoms with Crippen molar-refractivity contribution in [2.24, 2.45) is 11.8 Å². The number of benzene rings is 1. The second kappa shape index (κ2) is 7.82. The van der Waals surface area contributed by atoms with Crippen molar-refractivity contribution >= 4 is 167 Å². The standard InChI is InChI=1S/C20H6Cl12INO2/c21-11-13(23)17(27)9-7(15(11,25)19(17,29)30)3-1-5(33)6(34(35)36)2-4(3)8-10(9)18(28)14(24)12(22)16(8,26)20(18,31)32/h1-2,7-10H/t7-,8-,9-,10+,15-,16-,17-,18-/m1/s1. The molecular formula is C20H6Cl12INO2. The van der Waals surface area contributed by atoms with E-state index in [0.29, 0.717) is 14.7 Å². The van der Waals surface area contributed by atoms with E-state index >= 15 is 0 Å². The molecule has 0 aromatic heterocycles. The lowest BCUT2D eigenvalue weighted by molar-refractivity contribution is -0.385. The maximum Gasteiger partial charge on any atom is 0.282 e. The fourth-order valence-corrected chi connectivity index (χ4v) is 13.8. The average molecular weight is 845 g/mol. The number of fused-ring (bicyclic) bond motifs is 14. The van der Waals surface area contributed by atoms with Crippen LogP contribution in [-0.4, -0.2) is 33.1 Å². The highest BCUT2D eigenvalue weighted by atomic mass is 127. The molecule has 0 spiro atoms. The number of hydrogen-bond donors (Lipinski definition) is 0. The van der Waals surface area contributed by atoms with Gasteiger partial charge in [-0.1, -0.05) is 92.8 Å². The largest absolute Gasteiger partial charge is 0.282 e. The van der Waals surface area contributed by atoms with Gasteiger partial charge >= 0.3 is 0 Å². The number of rotatable bonds is 1. The lowest BCUT2D eigenvalue weighted by atomic mass is 9.57. The molecule has 5 aliphatic rings. The van der Waals surface area contributed by atoms with Crippen molar-refractivity contribution in [1.29, 1.82) is 0 Å². The summed E-state index contributed by atoms with van der Waals surface area (Å²) in [6.45, 7) is 0. The molecule has 0 saturated heterocycles. The molecule has 36 heavy (non-hydrogen) atoms. The second-order valence-electron chi connectivity index (χ2n) is 9.45. The third kappa shape index (κ3) is 2.51. The molecule has 8 atom stereocenters. The van der Waals surface area contributed by atoms with Crippen LogP contribution in [0.15, 0.2) is 32.3 Å². The molecular weight excluding hydrogens is 839 g/mol. The van der Waals surface area contributed by atoms with E-state index in [-0.39, 0.29) is 25.8 Å². The van der Waals surface area contributed by atoms with Gasteiger partial charge in [-0.3, -0.25) is 10.1 Å². The van der Waals surface area contributed by atoms with Crippen LogP contribution < -0.4 is 0 Å². The lowest BCUT2D eigenvalue weighted by Gasteiger charge is -2.52. The predicted octanol–water partition coefficient (Wildman–Crippen LogP) is 10.3. The van der Waals surface area contributed by atoms with Crippen LogP contribution in [0.3, 0.4) is 0 Å². The number of nitro benzene ring substituents is 1. The van der Waals surface area contributed by atoms with Crippen molar-refractivity contribution in [3.8, 4) is 0 Å². The quantitative estimate of drug-likeness (QED) is 0.122. The molecule has 2 fully saturated rings. The molecule has 0 unspecified atom stereocenters. The zero-order valence-electron chi connectivity index (χ0n) is 16.6. The normalized spacial score (nSPS) is 46.8. The summed E-state index contributed by atoms with van der Waals surface area (Å²) in [4.78, 5) is 4.26. The van der Waals surface area contributed by atoms with E-state index in [9.17, 15) is 10.1 Å². The third-order valence-electron chi connectivity index (χ3n) is 8.39. The lowest BCUT2D eigenvalue weighted by Crippen LogP contribution is -2.53. The molecule has 5 aliphatic carbocycles. The molecule has 2 saturated carbocycles. The summed E-state index contributed by atoms with van der Waals surface area (Å²) >= 11 is 85.2. The molecule has 1 aromatic carbocycles. The summed E-state index contributed by atoms with van der Waals surface area (Å²) in [5, 5.41) is 11.7. The molecule has 4 bridgehead atoms. The van der Waals surface area contributed by atoms with Gasteiger partial charge in [0.25, 0.3) is 5.69 Å². The Bertz CT molecular complexity index is 1400. The minimum Gasteiger partial charge on any atom is -0.258 e. The smallest absolute Gasteiger partial charge is 0.258 e. The first-order valence-corrected chi connectivity index (χ1v) is 15.5. The molecule has 3 nitrogen and oxygen atoms in total. The van der Waals surface area contributed by atoms with Crippen LogP contribution in [0.1, 0.15) is 23.0 Å². The van der Waals surface area contributed by atoms with Crippen molar-refractivity contribution in [3.63, 3.8) is 0 Å². The highest BCUT2D eigenvalue weighted by Crippen LogP contribution is 2.88. The van der Waals surface area contributed by atoms with E-state index in [1.807, 2.05) is 22.6 Å². The first-order chi connectivity index (χ1) is 16.3. The van der Waals surface area contributed by atoms with Gasteiger partial charge in [0.1, 0.15) is 19.5 Å². The van der Waals surface area contributed by atoms with Gasteiger partial charge in [0.15, 0.2) is 8.67 Å². The minimum absolute atomic E-state index is 0.0418. The van der Waals surface area contributed by atoms with Gasteiger partial charge < -0.3 is 0 Å². The summed E-state index contributed by atoms with van der Waals surface area (Å²) in [6, 6.07) is 2.99.